The lowest BCUT2D eigenvalue weighted by Gasteiger charge is -2.13. The summed E-state index contributed by atoms with van der Waals surface area (Å²) >= 11 is 6.88. The van der Waals surface area contributed by atoms with Gasteiger partial charge in [-0.1, -0.05) is 17.7 Å². The molecule has 2 N–H and O–H groups in total. The second-order valence-electron chi connectivity index (χ2n) is 4.35. The van der Waals surface area contributed by atoms with Gasteiger partial charge in [-0.05, 0) is 63.0 Å². The Balaban J connectivity index is 2.35. The Morgan fingerprint density at radius 2 is 1.75 bits per heavy atom. The maximum absolute atomic E-state index is 12.5. The molecule has 2 aromatic carbocycles. The molecule has 0 aliphatic heterocycles. The molecule has 0 aliphatic rings. The number of benzene rings is 2. The van der Waals surface area contributed by atoms with Gasteiger partial charge in [0.05, 0.1) is 11.3 Å². The van der Waals surface area contributed by atoms with E-state index in [9.17, 15) is 4.79 Å². The fourth-order valence-electron chi connectivity index (χ4n) is 1.86. The van der Waals surface area contributed by atoms with Crippen molar-refractivity contribution in [3.05, 3.63) is 56.5 Å². The van der Waals surface area contributed by atoms with Gasteiger partial charge < -0.3 is 10.6 Å². The van der Waals surface area contributed by atoms with Crippen LogP contribution in [-0.4, -0.2) is 13.0 Å². The molecule has 20 heavy (non-hydrogen) atoms. The number of aryl methyl sites for hydroxylation is 1. The first-order valence-electron chi connectivity index (χ1n) is 6.06. The van der Waals surface area contributed by atoms with Gasteiger partial charge in [-0.25, -0.2) is 0 Å². The summed E-state index contributed by atoms with van der Waals surface area (Å²) in [5.41, 5.74) is 3.19. The maximum Gasteiger partial charge on any atom is 0.257 e. The smallest absolute Gasteiger partial charge is 0.257 e. The van der Waals surface area contributed by atoms with Gasteiger partial charge in [0.25, 0.3) is 5.91 Å². The van der Waals surface area contributed by atoms with Crippen molar-refractivity contribution in [1.29, 1.82) is 0 Å². The predicted molar refractivity (Wildman–Crippen MR) is 90.5 cm³/mol. The molecule has 1 amide bonds. The standard InChI is InChI=1S/C15H14Br2N2O/c1-9-6-7-13(18-2)10(8-9)15(20)19-14-11(16)4-3-5-12(14)17/h3-8,18H,1-2H3,(H,19,20). The molecule has 0 bridgehead atoms. The Hall–Kier alpha value is -1.33. The molecule has 0 spiro atoms. The van der Waals surface area contributed by atoms with Crippen LogP contribution in [0.15, 0.2) is 45.3 Å². The van der Waals surface area contributed by atoms with Crippen LogP contribution in [0, 0.1) is 6.92 Å². The maximum atomic E-state index is 12.5. The number of halogens is 2. The third kappa shape index (κ3) is 3.22. The normalized spacial score (nSPS) is 10.2. The number of anilines is 2. The number of hydrogen-bond acceptors (Lipinski definition) is 2. The van der Waals surface area contributed by atoms with E-state index in [0.717, 1.165) is 25.9 Å². The van der Waals surface area contributed by atoms with E-state index in [1.165, 1.54) is 0 Å². The average molecular weight is 398 g/mol. The number of carbonyl (C=O) groups excluding carboxylic acids is 1. The molecule has 0 radical (unpaired) electrons. The van der Waals surface area contributed by atoms with Crippen LogP contribution in [0.5, 0.6) is 0 Å². The van der Waals surface area contributed by atoms with Crippen molar-refractivity contribution in [3.8, 4) is 0 Å². The SMILES string of the molecule is CNc1ccc(C)cc1C(=O)Nc1c(Br)cccc1Br. The largest absolute Gasteiger partial charge is 0.387 e. The Labute approximate surface area is 135 Å². The molecule has 2 aromatic rings. The van der Waals surface area contributed by atoms with Gasteiger partial charge in [0.1, 0.15) is 0 Å². The molecule has 2 rings (SSSR count). The molecule has 0 unspecified atom stereocenters. The molecule has 3 nitrogen and oxygen atoms in total. The van der Waals surface area contributed by atoms with Gasteiger partial charge >= 0.3 is 0 Å². The molecule has 0 saturated heterocycles. The van der Waals surface area contributed by atoms with Gasteiger partial charge in [-0.3, -0.25) is 4.79 Å². The number of hydrogen-bond donors (Lipinski definition) is 2. The minimum atomic E-state index is -0.148. The van der Waals surface area contributed by atoms with Crippen molar-refractivity contribution in [1.82, 2.24) is 0 Å². The average Bonchev–Trinajstić information content (AvgIpc) is 2.43. The lowest BCUT2D eigenvalue weighted by molar-refractivity contribution is 0.102. The summed E-state index contributed by atoms with van der Waals surface area (Å²) in [5, 5.41) is 5.96. The number of nitrogens with one attached hydrogen (secondary N) is 2. The summed E-state index contributed by atoms with van der Waals surface area (Å²) in [6.45, 7) is 1.96. The monoisotopic (exact) mass is 396 g/mol. The Morgan fingerprint density at radius 3 is 2.35 bits per heavy atom. The van der Waals surface area contributed by atoms with Crippen molar-refractivity contribution in [2.45, 2.75) is 6.92 Å². The first-order chi connectivity index (χ1) is 9.52. The Morgan fingerprint density at radius 1 is 1.10 bits per heavy atom. The summed E-state index contributed by atoms with van der Waals surface area (Å²) in [7, 11) is 1.80. The van der Waals surface area contributed by atoms with Crippen LogP contribution in [0.1, 0.15) is 15.9 Å². The van der Waals surface area contributed by atoms with E-state index >= 15 is 0 Å². The molecule has 0 heterocycles. The van der Waals surface area contributed by atoms with Crippen molar-refractivity contribution in [2.24, 2.45) is 0 Å². The highest BCUT2D eigenvalue weighted by molar-refractivity contribution is 9.11. The molecule has 5 heteroatoms. The van der Waals surface area contributed by atoms with Crippen molar-refractivity contribution >= 4 is 49.1 Å². The van der Waals surface area contributed by atoms with Crippen molar-refractivity contribution < 1.29 is 4.79 Å². The van der Waals surface area contributed by atoms with Crippen LogP contribution in [0.4, 0.5) is 11.4 Å². The van der Waals surface area contributed by atoms with Crippen molar-refractivity contribution in [2.75, 3.05) is 17.7 Å². The highest BCUT2D eigenvalue weighted by Gasteiger charge is 2.14. The summed E-state index contributed by atoms with van der Waals surface area (Å²) in [6, 6.07) is 11.4. The van der Waals surface area contributed by atoms with E-state index in [1.54, 1.807) is 7.05 Å². The van der Waals surface area contributed by atoms with Gasteiger partial charge in [-0.2, -0.15) is 0 Å². The zero-order valence-corrected chi connectivity index (χ0v) is 14.3. The summed E-state index contributed by atoms with van der Waals surface area (Å²) < 4.78 is 1.66. The Kier molecular flexibility index (Phi) is 4.83. The van der Waals surface area contributed by atoms with E-state index < -0.39 is 0 Å². The molecular weight excluding hydrogens is 384 g/mol. The zero-order valence-electron chi connectivity index (χ0n) is 11.1. The summed E-state index contributed by atoms with van der Waals surface area (Å²) in [6.07, 6.45) is 0. The van der Waals surface area contributed by atoms with Gasteiger partial charge in [-0.15, -0.1) is 0 Å². The van der Waals surface area contributed by atoms with Crippen LogP contribution in [0.3, 0.4) is 0 Å². The topological polar surface area (TPSA) is 41.1 Å². The summed E-state index contributed by atoms with van der Waals surface area (Å²) in [4.78, 5) is 12.5. The number of rotatable bonds is 3. The van der Waals surface area contributed by atoms with E-state index in [0.29, 0.717) is 5.56 Å². The first-order valence-corrected chi connectivity index (χ1v) is 7.65. The molecule has 0 aliphatic carbocycles. The van der Waals surface area contributed by atoms with E-state index in [1.807, 2.05) is 43.3 Å². The second-order valence-corrected chi connectivity index (χ2v) is 6.06. The number of carbonyl (C=O) groups is 1. The van der Waals surface area contributed by atoms with Crippen LogP contribution in [-0.2, 0) is 0 Å². The zero-order chi connectivity index (χ0) is 14.7. The number of amides is 1. The molecular formula is C15H14Br2N2O. The van der Waals surface area contributed by atoms with Gasteiger partial charge in [0.15, 0.2) is 0 Å². The fraction of sp³-hybridized carbons (Fsp3) is 0.133. The molecule has 0 fully saturated rings. The highest BCUT2D eigenvalue weighted by atomic mass is 79.9. The minimum Gasteiger partial charge on any atom is -0.387 e. The highest BCUT2D eigenvalue weighted by Crippen LogP contribution is 2.31. The van der Waals surface area contributed by atoms with E-state index in [4.69, 9.17) is 0 Å². The quantitative estimate of drug-likeness (QED) is 0.779. The molecule has 0 atom stereocenters. The summed E-state index contributed by atoms with van der Waals surface area (Å²) in [5.74, 6) is -0.148. The van der Waals surface area contributed by atoms with Crippen LogP contribution < -0.4 is 10.6 Å². The second kappa shape index (κ2) is 6.41. The predicted octanol–water partition coefficient (Wildman–Crippen LogP) is 4.81. The molecule has 104 valence electrons. The van der Waals surface area contributed by atoms with Crippen LogP contribution in [0.2, 0.25) is 0 Å². The fourth-order valence-corrected chi connectivity index (χ4v) is 3.06. The Bertz CT molecular complexity index is 636. The van der Waals surface area contributed by atoms with Crippen LogP contribution >= 0.6 is 31.9 Å². The molecule has 0 aromatic heterocycles. The lowest BCUT2D eigenvalue weighted by atomic mass is 10.1. The van der Waals surface area contributed by atoms with E-state index in [-0.39, 0.29) is 5.91 Å². The minimum absolute atomic E-state index is 0.148. The third-order valence-electron chi connectivity index (χ3n) is 2.89. The van der Waals surface area contributed by atoms with Crippen LogP contribution in [0.25, 0.3) is 0 Å². The third-order valence-corrected chi connectivity index (χ3v) is 4.21. The van der Waals surface area contributed by atoms with Crippen molar-refractivity contribution in [3.63, 3.8) is 0 Å². The first kappa shape index (κ1) is 15.1. The lowest BCUT2D eigenvalue weighted by Crippen LogP contribution is -2.15. The van der Waals surface area contributed by atoms with E-state index in [2.05, 4.69) is 42.5 Å². The number of para-hydroxylation sites is 1. The van der Waals surface area contributed by atoms with Gasteiger partial charge in [0.2, 0.25) is 0 Å². The van der Waals surface area contributed by atoms with Gasteiger partial charge in [0, 0.05) is 21.7 Å². The molecule has 0 saturated carbocycles.